The zero-order valence-electron chi connectivity index (χ0n) is 15.0. The molecular weight excluding hydrogens is 382 g/mol. The fourth-order valence-electron chi connectivity index (χ4n) is 2.98. The number of thiophene rings is 1. The lowest BCUT2D eigenvalue weighted by Gasteiger charge is -2.08. The van der Waals surface area contributed by atoms with Crippen molar-refractivity contribution >= 4 is 44.7 Å². The van der Waals surface area contributed by atoms with E-state index in [1.165, 1.54) is 11.3 Å². The average Bonchev–Trinajstić information content (AvgIpc) is 3.26. The normalized spacial score (nSPS) is 11.1. The molecule has 4 aromatic rings. The lowest BCUT2D eigenvalue weighted by atomic mass is 10.1. The van der Waals surface area contributed by atoms with Crippen LogP contribution in [0.5, 0.6) is 0 Å². The van der Waals surface area contributed by atoms with Crippen molar-refractivity contribution in [2.24, 2.45) is 0 Å². The van der Waals surface area contributed by atoms with E-state index < -0.39 is 0 Å². The third kappa shape index (κ3) is 3.22. The Morgan fingerprint density at radius 3 is 2.74 bits per heavy atom. The molecule has 0 saturated heterocycles. The molecule has 0 spiro atoms. The van der Waals surface area contributed by atoms with Gasteiger partial charge in [0, 0.05) is 16.1 Å². The Labute approximate surface area is 165 Å². The van der Waals surface area contributed by atoms with Gasteiger partial charge in [-0.25, -0.2) is 9.97 Å². The third-order valence-corrected chi connectivity index (χ3v) is 5.79. The molecule has 1 aromatic carbocycles. The van der Waals surface area contributed by atoms with E-state index in [0.717, 1.165) is 27.0 Å². The predicted octanol–water partition coefficient (Wildman–Crippen LogP) is 5.78. The number of carbonyl (C=O) groups is 1. The summed E-state index contributed by atoms with van der Waals surface area (Å²) in [5.41, 5.74) is 3.33. The lowest BCUT2D eigenvalue weighted by Crippen LogP contribution is -2.12. The monoisotopic (exact) mass is 397 g/mol. The number of aryl methyl sites for hydroxylation is 3. The van der Waals surface area contributed by atoms with Gasteiger partial charge in [-0.15, -0.1) is 11.3 Å². The summed E-state index contributed by atoms with van der Waals surface area (Å²) in [5.74, 6) is 0.940. The van der Waals surface area contributed by atoms with Gasteiger partial charge in [0.15, 0.2) is 11.6 Å². The van der Waals surface area contributed by atoms with E-state index in [1.54, 1.807) is 24.5 Å². The Hall–Kier alpha value is -2.70. The molecule has 3 heterocycles. The minimum Gasteiger partial charge on any atom is -0.461 e. The fourth-order valence-corrected chi connectivity index (χ4v) is 4.28. The van der Waals surface area contributed by atoms with E-state index in [2.05, 4.69) is 15.3 Å². The molecule has 27 heavy (non-hydrogen) atoms. The van der Waals surface area contributed by atoms with Gasteiger partial charge in [-0.05, 0) is 56.2 Å². The number of halogens is 1. The molecule has 0 radical (unpaired) electrons. The highest BCUT2D eigenvalue weighted by Gasteiger charge is 2.20. The molecule has 0 bridgehead atoms. The number of aromatic nitrogens is 2. The first-order valence-corrected chi connectivity index (χ1v) is 9.52. The summed E-state index contributed by atoms with van der Waals surface area (Å²) in [4.78, 5) is 23.4. The number of anilines is 1. The van der Waals surface area contributed by atoms with Gasteiger partial charge < -0.3 is 9.73 Å². The number of nitrogens with zero attached hydrogens (tertiary/aromatic N) is 2. The first-order chi connectivity index (χ1) is 12.9. The van der Waals surface area contributed by atoms with Gasteiger partial charge in [-0.2, -0.15) is 0 Å². The maximum atomic E-state index is 12.9. The number of hydrogen-bond acceptors (Lipinski definition) is 5. The van der Waals surface area contributed by atoms with E-state index in [4.69, 9.17) is 16.0 Å². The van der Waals surface area contributed by atoms with Crippen molar-refractivity contribution in [1.29, 1.82) is 0 Å². The molecule has 1 N–H and O–H groups in total. The quantitative estimate of drug-likeness (QED) is 0.475. The van der Waals surface area contributed by atoms with Crippen molar-refractivity contribution in [2.45, 2.75) is 20.8 Å². The highest BCUT2D eigenvalue weighted by molar-refractivity contribution is 7.20. The van der Waals surface area contributed by atoms with Crippen LogP contribution in [0.3, 0.4) is 0 Å². The third-order valence-electron chi connectivity index (χ3n) is 4.37. The van der Waals surface area contributed by atoms with Crippen LogP contribution in [0.15, 0.2) is 41.0 Å². The second kappa shape index (κ2) is 6.79. The van der Waals surface area contributed by atoms with E-state index in [9.17, 15) is 4.79 Å². The molecule has 7 heteroatoms. The Morgan fingerprint density at radius 2 is 2.00 bits per heavy atom. The van der Waals surface area contributed by atoms with Crippen LogP contribution >= 0.6 is 22.9 Å². The van der Waals surface area contributed by atoms with Gasteiger partial charge in [0.2, 0.25) is 0 Å². The number of benzene rings is 1. The zero-order chi connectivity index (χ0) is 19.1. The van der Waals surface area contributed by atoms with E-state index in [1.807, 2.05) is 32.9 Å². The largest absolute Gasteiger partial charge is 0.461 e. The van der Waals surface area contributed by atoms with Gasteiger partial charge in [0.1, 0.15) is 4.83 Å². The second-order valence-electron chi connectivity index (χ2n) is 6.26. The average molecular weight is 398 g/mol. The molecule has 0 saturated carbocycles. The van der Waals surface area contributed by atoms with Crippen LogP contribution < -0.4 is 5.32 Å². The topological polar surface area (TPSA) is 68.0 Å². The van der Waals surface area contributed by atoms with Gasteiger partial charge in [-0.1, -0.05) is 17.7 Å². The van der Waals surface area contributed by atoms with Crippen LogP contribution in [-0.4, -0.2) is 15.9 Å². The fraction of sp³-hybridized carbons (Fsp3) is 0.150. The maximum absolute atomic E-state index is 12.9. The van der Waals surface area contributed by atoms with E-state index in [-0.39, 0.29) is 5.91 Å². The highest BCUT2D eigenvalue weighted by Crippen LogP contribution is 2.33. The van der Waals surface area contributed by atoms with Crippen molar-refractivity contribution in [2.75, 3.05) is 5.32 Å². The van der Waals surface area contributed by atoms with Crippen molar-refractivity contribution in [3.63, 3.8) is 0 Å². The smallest absolute Gasteiger partial charge is 0.266 e. The summed E-state index contributed by atoms with van der Waals surface area (Å²) < 4.78 is 5.40. The molecule has 136 valence electrons. The minimum atomic E-state index is -0.181. The van der Waals surface area contributed by atoms with Gasteiger partial charge >= 0.3 is 0 Å². The Morgan fingerprint density at radius 1 is 1.19 bits per heavy atom. The van der Waals surface area contributed by atoms with Crippen LogP contribution in [-0.2, 0) is 0 Å². The first kappa shape index (κ1) is 17.7. The van der Waals surface area contributed by atoms with Gasteiger partial charge in [0.05, 0.1) is 16.8 Å². The predicted molar refractivity (Wildman–Crippen MR) is 109 cm³/mol. The number of furan rings is 1. The molecule has 4 rings (SSSR count). The summed E-state index contributed by atoms with van der Waals surface area (Å²) in [6.07, 6.45) is 1.59. The Kier molecular flexibility index (Phi) is 4.45. The van der Waals surface area contributed by atoms with E-state index in [0.29, 0.717) is 27.2 Å². The molecule has 5 nitrogen and oxygen atoms in total. The van der Waals surface area contributed by atoms with Gasteiger partial charge in [-0.3, -0.25) is 4.79 Å². The number of carbonyl (C=O) groups excluding carboxylic acids is 1. The minimum absolute atomic E-state index is 0.181. The summed E-state index contributed by atoms with van der Waals surface area (Å²) in [7, 11) is 0. The summed E-state index contributed by atoms with van der Waals surface area (Å²) in [6.45, 7) is 5.76. The zero-order valence-corrected chi connectivity index (χ0v) is 16.5. The second-order valence-corrected chi connectivity index (χ2v) is 7.70. The number of amides is 1. The summed E-state index contributed by atoms with van der Waals surface area (Å²) >= 11 is 7.40. The van der Waals surface area contributed by atoms with Crippen LogP contribution in [0, 0.1) is 20.8 Å². The molecule has 0 atom stereocenters. The molecule has 0 aliphatic carbocycles. The molecule has 0 fully saturated rings. The van der Waals surface area contributed by atoms with Crippen molar-refractivity contribution in [3.8, 4) is 11.6 Å². The number of hydrogen-bond donors (Lipinski definition) is 1. The number of fused-ring (bicyclic) bond motifs is 1. The van der Waals surface area contributed by atoms with Crippen molar-refractivity contribution in [1.82, 2.24) is 9.97 Å². The molecule has 0 aliphatic rings. The molecule has 3 aromatic heterocycles. The molecule has 0 aliphatic heterocycles. The van der Waals surface area contributed by atoms with Crippen molar-refractivity contribution < 1.29 is 9.21 Å². The highest BCUT2D eigenvalue weighted by atomic mass is 35.5. The number of nitrogens with one attached hydrogen (secondary N) is 1. The van der Waals surface area contributed by atoms with Gasteiger partial charge in [0.25, 0.3) is 5.91 Å². The van der Waals surface area contributed by atoms with E-state index >= 15 is 0 Å². The first-order valence-electron chi connectivity index (χ1n) is 8.33. The lowest BCUT2D eigenvalue weighted by molar-refractivity contribution is 0.103. The molecule has 1 amide bonds. The summed E-state index contributed by atoms with van der Waals surface area (Å²) in [5, 5.41) is 4.43. The summed E-state index contributed by atoms with van der Waals surface area (Å²) in [6, 6.07) is 9.03. The SMILES string of the molecule is Cc1ccc(Cl)cc1NC(=O)c1sc2nc(-c3ccco3)nc(C)c2c1C. The maximum Gasteiger partial charge on any atom is 0.266 e. The van der Waals surface area contributed by atoms with Crippen molar-refractivity contribution in [3.05, 3.63) is 63.3 Å². The number of rotatable bonds is 3. The van der Waals surface area contributed by atoms with Crippen LogP contribution in [0.25, 0.3) is 21.8 Å². The van der Waals surface area contributed by atoms with Crippen LogP contribution in [0.4, 0.5) is 5.69 Å². The standard InChI is InChI=1S/C20H16ClN3O2S/c1-10-6-7-13(21)9-14(10)23-19(25)17-11(2)16-12(3)22-18(24-20(16)27-17)15-5-4-8-26-15/h4-9H,1-3H3,(H,23,25). The Bertz CT molecular complexity index is 1170. The van der Waals surface area contributed by atoms with Crippen LogP contribution in [0.1, 0.15) is 26.5 Å². The molecule has 0 unspecified atom stereocenters. The Balaban J connectivity index is 1.76. The van der Waals surface area contributed by atoms with Crippen LogP contribution in [0.2, 0.25) is 5.02 Å². The molecular formula is C20H16ClN3O2S.